The van der Waals surface area contributed by atoms with Gasteiger partial charge in [-0.2, -0.15) is 0 Å². The molecule has 0 aromatic heterocycles. The van der Waals surface area contributed by atoms with E-state index in [1.54, 1.807) is 0 Å². The number of rotatable bonds is 2. The van der Waals surface area contributed by atoms with E-state index in [-0.39, 0.29) is 0 Å². The maximum atomic E-state index is 12.3. The number of nitrogens with zero attached hydrogens (tertiary/aromatic N) is 2. The first-order valence-electron chi connectivity index (χ1n) is 7.50. The van der Waals surface area contributed by atoms with Crippen LogP contribution in [0.3, 0.4) is 0 Å². The van der Waals surface area contributed by atoms with Crippen LogP contribution in [0.15, 0.2) is 0 Å². The lowest BCUT2D eigenvalue weighted by Crippen LogP contribution is -2.44. The fraction of sp³-hybridized carbons (Fsp3) is 0.929. The molecule has 18 heavy (non-hydrogen) atoms. The molecule has 0 aromatic rings. The maximum absolute atomic E-state index is 12.3. The molecule has 2 saturated heterocycles. The largest absolute Gasteiger partial charge is 0.340 e. The van der Waals surface area contributed by atoms with Gasteiger partial charge in [0.15, 0.2) is 0 Å². The van der Waals surface area contributed by atoms with Crippen LogP contribution in [0.25, 0.3) is 0 Å². The Morgan fingerprint density at radius 3 is 2.89 bits per heavy atom. The van der Waals surface area contributed by atoms with Crippen molar-refractivity contribution in [3.63, 3.8) is 0 Å². The second kappa shape index (κ2) is 7.10. The molecule has 1 unspecified atom stereocenters. The summed E-state index contributed by atoms with van der Waals surface area (Å²) >= 11 is 0. The average Bonchev–Trinajstić information content (AvgIpc) is 2.73. The molecule has 0 saturated carbocycles. The van der Waals surface area contributed by atoms with E-state index in [0.717, 1.165) is 39.1 Å². The van der Waals surface area contributed by atoms with Crippen molar-refractivity contribution in [2.45, 2.75) is 45.1 Å². The van der Waals surface area contributed by atoms with Gasteiger partial charge in [0.05, 0.1) is 6.54 Å². The highest BCUT2D eigenvalue weighted by Gasteiger charge is 2.22. The molecule has 2 aliphatic rings. The van der Waals surface area contributed by atoms with Crippen molar-refractivity contribution in [2.24, 2.45) is 0 Å². The summed E-state index contributed by atoms with van der Waals surface area (Å²) in [4.78, 5) is 16.8. The Bertz CT molecular complexity index is 262. The van der Waals surface area contributed by atoms with Crippen LogP contribution in [0, 0.1) is 0 Å². The molecule has 2 rings (SSSR count). The van der Waals surface area contributed by atoms with E-state index in [2.05, 4.69) is 17.1 Å². The highest BCUT2D eigenvalue weighted by atomic mass is 16.2. The zero-order chi connectivity index (χ0) is 12.8. The Hall–Kier alpha value is -0.610. The molecule has 1 atom stereocenters. The Morgan fingerprint density at radius 1 is 1.11 bits per heavy atom. The lowest BCUT2D eigenvalue weighted by atomic mass is 10.1. The lowest BCUT2D eigenvalue weighted by molar-refractivity contribution is -0.132. The minimum Gasteiger partial charge on any atom is -0.340 e. The maximum Gasteiger partial charge on any atom is 0.236 e. The van der Waals surface area contributed by atoms with Gasteiger partial charge in [0.2, 0.25) is 5.91 Å². The van der Waals surface area contributed by atoms with Crippen molar-refractivity contribution in [3.8, 4) is 0 Å². The van der Waals surface area contributed by atoms with Crippen LogP contribution in [-0.4, -0.2) is 61.0 Å². The number of likely N-dealkylation sites (tertiary alicyclic amines) is 1. The SMILES string of the molecule is CC1CCCCCN1CC(=O)N1CCCNCC1. The minimum absolute atomic E-state index is 0.326. The van der Waals surface area contributed by atoms with Crippen molar-refractivity contribution in [2.75, 3.05) is 39.3 Å². The second-order valence-corrected chi connectivity index (χ2v) is 5.65. The lowest BCUT2D eigenvalue weighted by Gasteiger charge is -2.29. The summed E-state index contributed by atoms with van der Waals surface area (Å²) in [6, 6.07) is 0.571. The Kier molecular flexibility index (Phi) is 5.45. The molecule has 2 fully saturated rings. The summed E-state index contributed by atoms with van der Waals surface area (Å²) in [7, 11) is 0. The number of hydrogen-bond donors (Lipinski definition) is 1. The molecule has 0 radical (unpaired) electrons. The van der Waals surface area contributed by atoms with Crippen LogP contribution in [0.4, 0.5) is 0 Å². The van der Waals surface area contributed by atoms with Crippen LogP contribution >= 0.6 is 0 Å². The Balaban J connectivity index is 1.84. The normalized spacial score (nSPS) is 27.6. The molecule has 2 heterocycles. The Morgan fingerprint density at radius 2 is 2.00 bits per heavy atom. The van der Waals surface area contributed by atoms with Crippen LogP contribution in [0.2, 0.25) is 0 Å². The molecule has 0 aliphatic carbocycles. The van der Waals surface area contributed by atoms with Gasteiger partial charge in [0.1, 0.15) is 0 Å². The predicted molar refractivity (Wildman–Crippen MR) is 73.6 cm³/mol. The van der Waals surface area contributed by atoms with E-state index in [0.29, 0.717) is 18.5 Å². The second-order valence-electron chi connectivity index (χ2n) is 5.65. The first-order valence-corrected chi connectivity index (χ1v) is 7.50. The van der Waals surface area contributed by atoms with Gasteiger partial charge in [0, 0.05) is 25.7 Å². The van der Waals surface area contributed by atoms with Crippen molar-refractivity contribution < 1.29 is 4.79 Å². The highest BCUT2D eigenvalue weighted by molar-refractivity contribution is 5.78. The molecule has 4 nitrogen and oxygen atoms in total. The van der Waals surface area contributed by atoms with E-state index >= 15 is 0 Å². The molecule has 1 N–H and O–H groups in total. The summed E-state index contributed by atoms with van der Waals surface area (Å²) in [5, 5.41) is 3.35. The van der Waals surface area contributed by atoms with E-state index in [9.17, 15) is 4.79 Å². The van der Waals surface area contributed by atoms with Crippen LogP contribution < -0.4 is 5.32 Å². The van der Waals surface area contributed by atoms with Gasteiger partial charge in [-0.15, -0.1) is 0 Å². The van der Waals surface area contributed by atoms with Crippen LogP contribution in [0.5, 0.6) is 0 Å². The minimum atomic E-state index is 0.326. The van der Waals surface area contributed by atoms with Gasteiger partial charge in [-0.1, -0.05) is 12.8 Å². The van der Waals surface area contributed by atoms with Gasteiger partial charge in [-0.3, -0.25) is 9.69 Å². The number of amides is 1. The molecular formula is C14H27N3O. The first-order chi connectivity index (χ1) is 8.77. The fourth-order valence-corrected chi connectivity index (χ4v) is 2.94. The molecule has 2 aliphatic heterocycles. The highest BCUT2D eigenvalue weighted by Crippen LogP contribution is 2.16. The third-order valence-electron chi connectivity index (χ3n) is 4.22. The van der Waals surface area contributed by atoms with Gasteiger partial charge in [-0.05, 0) is 39.3 Å². The van der Waals surface area contributed by atoms with E-state index in [4.69, 9.17) is 0 Å². The monoisotopic (exact) mass is 253 g/mol. The molecular weight excluding hydrogens is 226 g/mol. The Labute approximate surface area is 111 Å². The molecule has 4 heteroatoms. The summed E-state index contributed by atoms with van der Waals surface area (Å²) in [5.74, 6) is 0.326. The summed E-state index contributed by atoms with van der Waals surface area (Å²) < 4.78 is 0. The molecule has 0 aromatic carbocycles. The number of nitrogens with one attached hydrogen (secondary N) is 1. The van der Waals surface area contributed by atoms with Crippen LogP contribution in [0.1, 0.15) is 39.0 Å². The van der Waals surface area contributed by atoms with Crippen molar-refractivity contribution in [1.82, 2.24) is 15.1 Å². The van der Waals surface area contributed by atoms with E-state index < -0.39 is 0 Å². The number of carbonyl (C=O) groups excluding carboxylic acids is 1. The van der Waals surface area contributed by atoms with E-state index in [1.807, 2.05) is 4.90 Å². The van der Waals surface area contributed by atoms with Crippen LogP contribution in [-0.2, 0) is 4.79 Å². The van der Waals surface area contributed by atoms with Crippen molar-refractivity contribution in [1.29, 1.82) is 0 Å². The predicted octanol–water partition coefficient (Wildman–Crippen LogP) is 1.07. The third-order valence-corrected chi connectivity index (χ3v) is 4.22. The molecule has 0 spiro atoms. The number of hydrogen-bond acceptors (Lipinski definition) is 3. The zero-order valence-corrected chi connectivity index (χ0v) is 11.7. The van der Waals surface area contributed by atoms with Gasteiger partial charge < -0.3 is 10.2 Å². The zero-order valence-electron chi connectivity index (χ0n) is 11.7. The summed E-state index contributed by atoms with van der Waals surface area (Å²) in [6.07, 6.45) is 6.22. The van der Waals surface area contributed by atoms with Gasteiger partial charge >= 0.3 is 0 Å². The number of carbonyl (C=O) groups is 1. The van der Waals surface area contributed by atoms with E-state index in [1.165, 1.54) is 25.7 Å². The summed E-state index contributed by atoms with van der Waals surface area (Å²) in [5.41, 5.74) is 0. The quantitative estimate of drug-likeness (QED) is 0.800. The van der Waals surface area contributed by atoms with Gasteiger partial charge in [-0.25, -0.2) is 0 Å². The van der Waals surface area contributed by atoms with Crippen molar-refractivity contribution >= 4 is 5.91 Å². The molecule has 0 bridgehead atoms. The molecule has 104 valence electrons. The standard InChI is InChI=1S/C14H27N3O/c1-13-6-3-2-4-9-17(13)12-14(18)16-10-5-7-15-8-11-16/h13,15H,2-12H2,1H3. The topological polar surface area (TPSA) is 35.6 Å². The molecule has 1 amide bonds. The smallest absolute Gasteiger partial charge is 0.236 e. The first kappa shape index (κ1) is 13.8. The van der Waals surface area contributed by atoms with Gasteiger partial charge in [0.25, 0.3) is 0 Å². The third kappa shape index (κ3) is 3.95. The summed E-state index contributed by atoms with van der Waals surface area (Å²) in [6.45, 7) is 7.78. The van der Waals surface area contributed by atoms with Crippen molar-refractivity contribution in [3.05, 3.63) is 0 Å². The average molecular weight is 253 g/mol. The fourth-order valence-electron chi connectivity index (χ4n) is 2.94.